The van der Waals surface area contributed by atoms with E-state index in [1.165, 1.54) is 16.7 Å². The number of aliphatic hydroxyl groups excluding tert-OH is 3. The Morgan fingerprint density at radius 2 is 0.718 bits per heavy atom. The van der Waals surface area contributed by atoms with Gasteiger partial charge in [0.05, 0.1) is 71.0 Å². The first kappa shape index (κ1) is 113. The normalized spacial score (nSPS) is 34.9. The Morgan fingerprint density at radius 1 is 0.437 bits per heavy atom. The Balaban J connectivity index is 0.000000199. The van der Waals surface area contributed by atoms with Crippen LogP contribution in [0.1, 0.15) is 275 Å². The smallest absolute Gasteiger partial charge is 0.306 e. The predicted molar refractivity (Wildman–Crippen MR) is 559 cm³/mol. The number of ketones is 3. The first-order chi connectivity index (χ1) is 65.4. The molecule has 0 spiro atoms. The summed E-state index contributed by atoms with van der Waals surface area (Å²) in [6, 6.07) is 24.4. The van der Waals surface area contributed by atoms with Crippen LogP contribution in [-0.4, -0.2) is 169 Å². The number of aryl methyl sites for hydroxylation is 1. The zero-order chi connectivity index (χ0) is 100. The third-order valence-electron chi connectivity index (χ3n) is 35.4. The number of fused-ring (bicyclic) bond motifs is 18. The van der Waals surface area contributed by atoms with Gasteiger partial charge in [-0.05, 0) is 242 Å². The highest BCUT2D eigenvalue weighted by Gasteiger charge is 2.78. The molecule has 0 radical (unpaired) electrons. The second-order valence-corrected chi connectivity index (χ2v) is 45.2. The van der Waals surface area contributed by atoms with Crippen LogP contribution in [0, 0.1) is 110 Å². The number of alkyl halides is 3. The molecular formula is C114H152BrCl3N6O18. The Labute approximate surface area is 863 Å². The van der Waals surface area contributed by atoms with Gasteiger partial charge in [0.25, 0.3) is 0 Å². The Morgan fingerprint density at radius 3 is 1.00 bits per heavy atom. The van der Waals surface area contributed by atoms with Gasteiger partial charge in [-0.1, -0.05) is 209 Å². The summed E-state index contributed by atoms with van der Waals surface area (Å²) < 4.78 is 41.4. The maximum Gasteiger partial charge on any atom is 0.306 e. The van der Waals surface area contributed by atoms with E-state index in [-0.39, 0.29) is 191 Å². The van der Waals surface area contributed by atoms with Crippen molar-refractivity contribution in [2.45, 2.75) is 307 Å². The van der Waals surface area contributed by atoms with E-state index in [0.29, 0.717) is 51.4 Å². The molecule has 6 aromatic rings. The summed E-state index contributed by atoms with van der Waals surface area (Å²) >= 11 is 25.7. The van der Waals surface area contributed by atoms with E-state index in [0.717, 1.165) is 72.9 Å². The quantitative estimate of drug-likeness (QED) is 0.0246. The fourth-order valence-electron chi connectivity index (χ4n) is 29.4. The molecule has 18 rings (SSSR count). The van der Waals surface area contributed by atoms with Crippen LogP contribution in [0.5, 0.6) is 0 Å². The summed E-state index contributed by atoms with van der Waals surface area (Å²) in [5.74, 6) is -6.41. The lowest BCUT2D eigenvalue weighted by Crippen LogP contribution is -2.66. The predicted octanol–water partition coefficient (Wildman–Crippen LogP) is 22.2. The minimum Gasteiger partial charge on any atom is -0.457 e. The van der Waals surface area contributed by atoms with Crippen LogP contribution in [-0.2, 0) is 90.8 Å². The van der Waals surface area contributed by atoms with Crippen molar-refractivity contribution in [2.75, 3.05) is 19.8 Å². The highest BCUT2D eigenvalue weighted by atomic mass is 79.9. The number of rotatable bonds is 22. The second kappa shape index (κ2) is 43.2. The molecule has 0 bridgehead atoms. The van der Waals surface area contributed by atoms with Crippen molar-refractivity contribution in [2.24, 2.45) is 104 Å². The Hall–Kier alpha value is -8.95. The highest BCUT2D eigenvalue weighted by molar-refractivity contribution is 9.10. The molecule has 3 aromatic carbocycles. The van der Waals surface area contributed by atoms with Gasteiger partial charge in [0.1, 0.15) is 0 Å². The lowest BCUT2D eigenvalue weighted by Gasteiger charge is -2.61. The van der Waals surface area contributed by atoms with Crippen LogP contribution in [0.4, 0.5) is 0 Å². The van der Waals surface area contributed by atoms with Crippen LogP contribution >= 0.6 is 50.7 Å². The molecule has 0 amide bonds. The maximum absolute atomic E-state index is 14.2. The summed E-state index contributed by atoms with van der Waals surface area (Å²) in [5, 5.41) is 50.1. The van der Waals surface area contributed by atoms with Gasteiger partial charge in [-0.3, -0.25) is 43.2 Å². The first-order valence-corrected chi connectivity index (χ1v) is 51.6. The summed E-state index contributed by atoms with van der Waals surface area (Å²) in [4.78, 5) is 117. The summed E-state index contributed by atoms with van der Waals surface area (Å²) in [6.45, 7) is 39.1. The molecule has 3 N–H and O–H groups in total. The van der Waals surface area contributed by atoms with Gasteiger partial charge in [0, 0.05) is 93.1 Å². The van der Waals surface area contributed by atoms with E-state index < -0.39 is 124 Å². The molecule has 9 fully saturated rings. The number of esters is 6. The standard InChI is InChI=1S/C37H45ClN2O6.C36H45ClN2O6.C35H42BrClN2O6.C2H4.4CH4/c1-7-22-11-10-12-25(14-22)40-28-16-24-15-27(38)33-26-13-21(4)37(46-32(44)9-3,30(42)20-45-31(43)8-2)36(26,6)18-29(41)34(33)35(24,5)17-23(28)19-39-40;1-7-30(42)44-19-29(41)36(45-31(43)8-2)21(4)13-25-32-26(37)14-23-15-27-22(18-38-39(27)24-11-9-10-20(3)12-24)16-34(23,5)33(32)28(40)17-35(25,36)6;1-6-29(42)44-18-28(41)35(45-30(43)7-2)19(3)11-24-31-25(37)12-21-13-26-20(17-38-39(26)23-10-8-9-22(36)14-23)15-33(21,4)32(31)27(40)16-34(24,35)5;1-2;;;;/h7,10-12,14,16,19,21,26-27,29,33-34,41H,1,8-9,13,15,17-18,20H2,2-6H3;9-12,15,18,21,25-26,28,32-33,40H,7-8,13-14,16-17,19H2,1-6H3;8-10,13-14,17,19,24-25,27,31-32,40H,6-7,11-12,15-16,18H2,1-5H3;1-2H2;4*1H4/t21-,26+,27-,29+,33-,34+,35+,36+,37-;21-,25+,26-,28+,32-,33+,34+,35+,36-;19-,24+,25-,27+,31-,32+,33+,34+,35-;;;;;/m111...../s1. The van der Waals surface area contributed by atoms with Crippen molar-refractivity contribution in [3.63, 3.8) is 0 Å². The minimum absolute atomic E-state index is 0. The molecule has 3 heterocycles. The average molecular weight is 2080 g/mol. The number of ether oxygens (including phenoxy) is 6. The average Bonchev–Trinajstić information content (AvgIpc) is 1.51. The van der Waals surface area contributed by atoms with Gasteiger partial charge in [-0.2, -0.15) is 15.3 Å². The van der Waals surface area contributed by atoms with Crippen LogP contribution in [0.2, 0.25) is 0 Å². The monoisotopic (exact) mass is 2080 g/mol. The van der Waals surface area contributed by atoms with E-state index in [4.69, 9.17) is 78.5 Å². The number of hydrogen-bond acceptors (Lipinski definition) is 21. The molecule has 0 aliphatic heterocycles. The molecule has 774 valence electrons. The fourth-order valence-corrected chi connectivity index (χ4v) is 31.3. The van der Waals surface area contributed by atoms with E-state index in [9.17, 15) is 58.5 Å². The number of Topliss-reactive ketones (excluding diaryl/α,β-unsaturated/α-hetero) is 3. The molecule has 142 heavy (non-hydrogen) atoms. The number of nitrogens with zero attached hydrogens (tertiary/aromatic N) is 6. The summed E-state index contributed by atoms with van der Waals surface area (Å²) in [6.07, 6.45) is 19.3. The van der Waals surface area contributed by atoms with Crippen molar-refractivity contribution < 1.29 is 86.9 Å². The molecule has 28 heteroatoms. The van der Waals surface area contributed by atoms with Gasteiger partial charge in [-0.25, -0.2) is 14.0 Å². The first-order valence-electron chi connectivity index (χ1n) is 49.5. The third-order valence-corrected chi connectivity index (χ3v) is 37.2. The molecule has 24 nitrogen and oxygen atoms in total. The Bertz CT molecular complexity index is 5650. The molecule has 0 unspecified atom stereocenters. The number of hydrogen-bond donors (Lipinski definition) is 3. The number of benzene rings is 3. The van der Waals surface area contributed by atoms with Gasteiger partial charge in [0.15, 0.2) is 36.6 Å². The van der Waals surface area contributed by atoms with Crippen LogP contribution < -0.4 is 0 Å². The molecule has 3 aromatic heterocycles. The van der Waals surface area contributed by atoms with E-state index in [2.05, 4.69) is 106 Å². The summed E-state index contributed by atoms with van der Waals surface area (Å²) in [5.41, 5.74) is 6.76. The number of carbonyl (C=O) groups is 9. The van der Waals surface area contributed by atoms with E-state index >= 15 is 0 Å². The number of carbonyl (C=O) groups excluding carboxylic acids is 9. The summed E-state index contributed by atoms with van der Waals surface area (Å²) in [7, 11) is 0. The van der Waals surface area contributed by atoms with Gasteiger partial charge < -0.3 is 43.7 Å². The third kappa shape index (κ3) is 18.4. The number of halogens is 4. The zero-order valence-corrected chi connectivity index (χ0v) is 86.3. The fraction of sp³-hybridized carbons (Fsp3) is 0.596. The zero-order valence-electron chi connectivity index (χ0n) is 82.5. The van der Waals surface area contributed by atoms with Gasteiger partial charge in [-0.15, -0.1) is 48.0 Å². The van der Waals surface area contributed by atoms with E-state index in [1.54, 1.807) is 41.5 Å². The van der Waals surface area contributed by atoms with E-state index in [1.807, 2.05) is 129 Å². The lowest BCUT2D eigenvalue weighted by atomic mass is 9.45. The maximum atomic E-state index is 14.2. The van der Waals surface area contributed by atoms with Crippen LogP contribution in [0.15, 0.2) is 132 Å². The molecule has 12 aliphatic carbocycles. The van der Waals surface area contributed by atoms with Crippen molar-refractivity contribution in [1.29, 1.82) is 0 Å². The van der Waals surface area contributed by atoms with Crippen molar-refractivity contribution in [3.8, 4) is 17.1 Å². The molecule has 27 atom stereocenters. The Kier molecular flexibility index (Phi) is 34.5. The van der Waals surface area contributed by atoms with Gasteiger partial charge in [0.2, 0.25) is 17.3 Å². The topological polar surface area (TPSA) is 323 Å². The van der Waals surface area contributed by atoms with Gasteiger partial charge >= 0.3 is 35.8 Å². The van der Waals surface area contributed by atoms with Crippen LogP contribution in [0.3, 0.4) is 0 Å². The second-order valence-electron chi connectivity index (χ2n) is 42.6. The minimum atomic E-state index is -1.54. The van der Waals surface area contributed by atoms with Crippen molar-refractivity contribution in [3.05, 3.63) is 177 Å². The molecule has 9 saturated carbocycles. The van der Waals surface area contributed by atoms with Crippen molar-refractivity contribution >= 4 is 128 Å². The molecule has 12 aliphatic rings. The number of aliphatic hydroxyl groups is 3. The largest absolute Gasteiger partial charge is 0.457 e. The SMILES string of the molecule is C.C.C.C.C=C.C=Cc1cccc(-n2ncc3c2C=C2C[C@@H](Cl)[C@@H]4[C@H]([C@@H](O)C[C@@]5(C)[C@H]4C[C@@H](C)[C@@]5(OC(=O)CC)C(=O)COC(=O)CC)[C@@]2(C)C3)c1.CCC(=O)OCC(=O)[C@]1(OC(=O)CC)[C@H](C)C[C@H]2[C@H]3[C@H]([C@@H](O)C[C@@]21C)[C@@]1(C)Cc2cnn(-c4cccc(Br)c4)c2C=C1C[C@H]3Cl.CCC(=O)OCC(=O)[C@]1(OC(=O)CC)[C@H](C)C[C@H]2[C@H]3[C@H]([C@@H](O)C[C@@]21C)[C@@]1(C)Cc2cnn(-c4cccc(C)c4)c2C=C1C[C@H]3Cl. The highest BCUT2D eigenvalue weighted by Crippen LogP contribution is 2.75. The number of allylic oxidation sites excluding steroid dienone is 3. The van der Waals surface area contributed by atoms with Crippen LogP contribution in [0.25, 0.3) is 41.4 Å². The number of aromatic nitrogens is 6. The lowest BCUT2D eigenvalue weighted by molar-refractivity contribution is -0.207. The molecule has 0 saturated heterocycles. The molecular weight excluding hydrogens is 1930 g/mol. The van der Waals surface area contributed by atoms with Crippen molar-refractivity contribution in [1.82, 2.24) is 29.3 Å².